The SMILES string of the molecule is CC1(C)C2=CC(C#Cc3ccc(SOOO)cc3)=CN(CCCCS(=O)(=O)O)C2=N\C1=C/C=C/C=C/C1=Nc2c(cc(C#CS(=O)(=O)O)c[n+]2CCCCS(=O)(=O)O)C1(C)C. The summed E-state index contributed by atoms with van der Waals surface area (Å²) in [6.45, 7) is 8.72. The Hall–Kier alpha value is -4.71. The molecule has 2 aromatic rings. The van der Waals surface area contributed by atoms with Crippen molar-refractivity contribution in [1.29, 1.82) is 0 Å². The number of unbranched alkanes of at least 4 members (excludes halogenated alkanes) is 2. The molecular weight excluding hydrogens is 869 g/mol. The van der Waals surface area contributed by atoms with Gasteiger partial charge in [0.15, 0.2) is 5.71 Å². The third-order valence-electron chi connectivity index (χ3n) is 9.82. The molecule has 0 atom stereocenters. The number of aryl methyl sites for hydroxylation is 1. The van der Waals surface area contributed by atoms with E-state index in [1.807, 2.05) is 80.5 Å². The molecule has 1 aromatic carbocycles. The highest BCUT2D eigenvalue weighted by Crippen LogP contribution is 2.45. The first-order chi connectivity index (χ1) is 28.6. The van der Waals surface area contributed by atoms with Crippen LogP contribution in [0.1, 0.15) is 70.1 Å². The lowest BCUT2D eigenvalue weighted by Crippen LogP contribution is -2.36. The number of aliphatic imine (C=N–C) groups is 2. The molecule has 0 saturated heterocycles. The smallest absolute Gasteiger partial charge is 0.332 e. The number of rotatable bonds is 16. The Balaban J connectivity index is 1.38. The number of pyridine rings is 1. The summed E-state index contributed by atoms with van der Waals surface area (Å²) >= 11 is 0.837. The molecule has 324 valence electrons. The Labute approximate surface area is 360 Å². The van der Waals surface area contributed by atoms with Crippen LogP contribution in [0.2, 0.25) is 0 Å². The third-order valence-corrected chi connectivity index (χ3v) is 12.4. The topological polar surface area (TPSA) is 234 Å². The summed E-state index contributed by atoms with van der Waals surface area (Å²) in [6.07, 6.45) is 16.0. The summed E-state index contributed by atoms with van der Waals surface area (Å²) in [7, 11) is -12.8. The van der Waals surface area contributed by atoms with Crippen LogP contribution >= 0.6 is 12.0 Å². The minimum Gasteiger partial charge on any atom is -0.332 e. The molecular formula is C41H45N4O12S4+. The lowest BCUT2D eigenvalue weighted by molar-refractivity contribution is -0.684. The molecule has 16 nitrogen and oxygen atoms in total. The molecule has 0 spiro atoms. The van der Waals surface area contributed by atoms with E-state index in [0.717, 1.165) is 34.4 Å². The summed E-state index contributed by atoms with van der Waals surface area (Å²) in [5, 5.41) is 13.9. The van der Waals surface area contributed by atoms with Crippen molar-refractivity contribution in [3.63, 3.8) is 0 Å². The number of fused-ring (bicyclic) bond motifs is 2. The molecule has 0 aliphatic carbocycles. The molecule has 0 bridgehead atoms. The highest BCUT2D eigenvalue weighted by molar-refractivity contribution is 7.94. The minimum absolute atomic E-state index is 0.179. The van der Waals surface area contributed by atoms with Crippen molar-refractivity contribution in [1.82, 2.24) is 4.90 Å². The Morgan fingerprint density at radius 1 is 0.836 bits per heavy atom. The quantitative estimate of drug-likeness (QED) is 0.0224. The molecule has 4 heterocycles. The van der Waals surface area contributed by atoms with Gasteiger partial charge < -0.3 is 4.90 Å². The van der Waals surface area contributed by atoms with Gasteiger partial charge in [-0.15, -0.1) is 4.33 Å². The van der Waals surface area contributed by atoms with Crippen LogP contribution in [0.3, 0.4) is 0 Å². The summed E-state index contributed by atoms with van der Waals surface area (Å²) in [6, 6.07) is 8.82. The predicted octanol–water partition coefficient (Wildman–Crippen LogP) is 5.91. The van der Waals surface area contributed by atoms with Gasteiger partial charge in [-0.3, -0.25) is 13.7 Å². The highest BCUT2D eigenvalue weighted by atomic mass is 32.2. The van der Waals surface area contributed by atoms with Crippen LogP contribution in [0.25, 0.3) is 0 Å². The largest absolute Gasteiger partial charge is 0.335 e. The highest BCUT2D eigenvalue weighted by Gasteiger charge is 2.43. The number of allylic oxidation sites excluding steroid dienone is 8. The van der Waals surface area contributed by atoms with Crippen LogP contribution in [0, 0.1) is 28.4 Å². The van der Waals surface area contributed by atoms with Gasteiger partial charge in [0, 0.05) is 39.8 Å². The molecule has 0 amide bonds. The molecule has 5 rings (SSSR count). The first-order valence-corrected chi connectivity index (χ1v) is 24.2. The van der Waals surface area contributed by atoms with Gasteiger partial charge in [-0.1, -0.05) is 49.0 Å². The molecule has 3 aliphatic heterocycles. The zero-order valence-corrected chi connectivity index (χ0v) is 36.9. The number of benzene rings is 1. The van der Waals surface area contributed by atoms with E-state index >= 15 is 0 Å². The van der Waals surface area contributed by atoms with E-state index in [1.54, 1.807) is 41.1 Å². The van der Waals surface area contributed by atoms with E-state index in [9.17, 15) is 34.4 Å². The van der Waals surface area contributed by atoms with Crippen molar-refractivity contribution in [2.24, 2.45) is 15.4 Å². The summed E-state index contributed by atoms with van der Waals surface area (Å²) in [5.74, 6) is 9.37. The third kappa shape index (κ3) is 13.4. The fourth-order valence-corrected chi connectivity index (χ4v) is 8.35. The van der Waals surface area contributed by atoms with Crippen molar-refractivity contribution in [2.45, 2.75) is 70.2 Å². The molecule has 0 saturated carbocycles. The summed E-state index contributed by atoms with van der Waals surface area (Å²) < 4.78 is 102. The number of hydrogen-bond acceptors (Lipinski definition) is 13. The van der Waals surface area contributed by atoms with Gasteiger partial charge in [0.1, 0.15) is 12.0 Å². The standard InChI is InChI=1S/C41H44N4O12S4/c1-40(2)34-26-31(15-14-30-16-18-33(19-17-30)58-57-56-46)28-44(21-8-10-23-59(47,48)49)38(34)42-36(40)12-6-5-7-13-37-41(3,4)35-27-32(20-25-61(53,54)55)29-45(39(35)43-37)22-9-11-24-60(50,51)52/h5-7,12-13,16-19,26-29H,8-11,21-24H2,1-4H3,(H3-,46,47,48,49,50,51,52,53,54,55)/p+1. The number of amidine groups is 1. The molecule has 0 fully saturated rings. The zero-order valence-electron chi connectivity index (χ0n) is 33.6. The van der Waals surface area contributed by atoms with Gasteiger partial charge in [-0.25, -0.2) is 14.8 Å². The molecule has 0 unspecified atom stereocenters. The van der Waals surface area contributed by atoms with Crippen molar-refractivity contribution in [3.05, 3.63) is 113 Å². The lowest BCUT2D eigenvalue weighted by atomic mass is 9.80. The van der Waals surface area contributed by atoms with E-state index in [2.05, 4.69) is 27.1 Å². The van der Waals surface area contributed by atoms with E-state index in [0.29, 0.717) is 59.3 Å². The van der Waals surface area contributed by atoms with Gasteiger partial charge >= 0.3 is 15.9 Å². The summed E-state index contributed by atoms with van der Waals surface area (Å²) in [5.41, 5.74) is 3.67. The van der Waals surface area contributed by atoms with Gasteiger partial charge in [0.25, 0.3) is 20.2 Å². The van der Waals surface area contributed by atoms with Gasteiger partial charge in [0.2, 0.25) is 0 Å². The number of hydrogen-bond donors (Lipinski definition) is 4. The maximum absolute atomic E-state index is 11.4. The van der Waals surface area contributed by atoms with E-state index < -0.39 is 46.9 Å². The fourth-order valence-electron chi connectivity index (χ4n) is 6.61. The molecule has 4 N–H and O–H groups in total. The van der Waals surface area contributed by atoms with Crippen LogP contribution in [0.15, 0.2) is 111 Å². The first-order valence-electron chi connectivity index (χ1n) is 18.8. The van der Waals surface area contributed by atoms with Crippen LogP contribution in [0.5, 0.6) is 0 Å². The molecule has 3 aliphatic rings. The minimum atomic E-state index is -4.57. The molecule has 1 aromatic heterocycles. The normalized spacial score (nSPS) is 17.6. The van der Waals surface area contributed by atoms with Gasteiger partial charge in [-0.05, 0) is 99.0 Å². The second kappa shape index (κ2) is 19.6. The van der Waals surface area contributed by atoms with Crippen LogP contribution in [-0.4, -0.2) is 78.7 Å². The van der Waals surface area contributed by atoms with Gasteiger partial charge in [-0.2, -0.15) is 25.3 Å². The predicted molar refractivity (Wildman–Crippen MR) is 231 cm³/mol. The van der Waals surface area contributed by atoms with E-state index in [1.165, 1.54) is 0 Å². The number of nitrogens with zero attached hydrogens (tertiary/aromatic N) is 4. The molecule has 0 radical (unpaired) electrons. The van der Waals surface area contributed by atoms with E-state index in [4.69, 9.17) is 19.8 Å². The second-order valence-electron chi connectivity index (χ2n) is 15.2. The Morgan fingerprint density at radius 3 is 2.18 bits per heavy atom. The number of aromatic nitrogens is 1. The zero-order chi connectivity index (χ0) is 44.6. The monoisotopic (exact) mass is 913 g/mol. The van der Waals surface area contributed by atoms with Crippen molar-refractivity contribution in [2.75, 3.05) is 18.1 Å². The Morgan fingerprint density at radius 2 is 1.52 bits per heavy atom. The summed E-state index contributed by atoms with van der Waals surface area (Å²) in [4.78, 5) is 12.5. The maximum atomic E-state index is 11.4. The fraction of sp³-hybridized carbons (Fsp3) is 0.341. The first kappa shape index (κ1) is 47.3. The second-order valence-corrected chi connectivity index (χ2v) is 20.2. The van der Waals surface area contributed by atoms with Crippen molar-refractivity contribution >= 4 is 59.8 Å². The Bertz CT molecular complexity index is 2730. The van der Waals surface area contributed by atoms with Crippen LogP contribution < -0.4 is 4.57 Å². The van der Waals surface area contributed by atoms with E-state index in [-0.39, 0.29) is 18.6 Å². The molecule has 20 heteroatoms. The lowest BCUT2D eigenvalue weighted by Gasteiger charge is -2.29. The van der Waals surface area contributed by atoms with Gasteiger partial charge in [0.05, 0.1) is 57.6 Å². The van der Waals surface area contributed by atoms with Crippen molar-refractivity contribution < 1.29 is 58.1 Å². The Kier molecular flexibility index (Phi) is 15.2. The van der Waals surface area contributed by atoms with Crippen molar-refractivity contribution in [3.8, 4) is 23.0 Å². The van der Waals surface area contributed by atoms with Crippen LogP contribution in [0.4, 0.5) is 5.82 Å². The van der Waals surface area contributed by atoms with Crippen LogP contribution in [-0.2, 0) is 51.7 Å². The molecule has 61 heavy (non-hydrogen) atoms. The maximum Gasteiger partial charge on any atom is 0.335 e. The average molecular weight is 914 g/mol. The average Bonchev–Trinajstić information content (AvgIpc) is 3.58.